The zero-order chi connectivity index (χ0) is 24.9. The first-order chi connectivity index (χ1) is 16.8. The Labute approximate surface area is 205 Å². The Morgan fingerprint density at radius 2 is 1.71 bits per heavy atom. The number of nitrogens with zero attached hydrogens (tertiary/aromatic N) is 2. The van der Waals surface area contributed by atoms with Gasteiger partial charge in [0.2, 0.25) is 5.91 Å². The van der Waals surface area contributed by atoms with Gasteiger partial charge in [-0.2, -0.15) is 0 Å². The van der Waals surface area contributed by atoms with Crippen LogP contribution in [0, 0.1) is 0 Å². The third-order valence-corrected chi connectivity index (χ3v) is 6.83. The number of ether oxygens (including phenoxy) is 1. The van der Waals surface area contributed by atoms with Gasteiger partial charge in [-0.1, -0.05) is 48.5 Å². The average Bonchev–Trinajstić information content (AvgIpc) is 3.43. The minimum absolute atomic E-state index is 0.0204. The fraction of sp³-hybridized carbons (Fsp3) is 0.444. The second kappa shape index (κ2) is 10.9. The summed E-state index contributed by atoms with van der Waals surface area (Å²) in [7, 11) is 3.68. The number of likely N-dealkylation sites (N-methyl/N-ethyl adjacent to an activating group) is 1. The van der Waals surface area contributed by atoms with Crippen LogP contribution in [0.2, 0.25) is 0 Å². The summed E-state index contributed by atoms with van der Waals surface area (Å²) in [5.74, 6) is -1.12. The molecule has 186 valence electrons. The molecule has 1 aliphatic carbocycles. The normalized spacial score (nSPS) is 17.7. The zero-order valence-electron chi connectivity index (χ0n) is 20.3. The number of carboxylic acids is 1. The zero-order valence-corrected chi connectivity index (χ0v) is 20.3. The molecule has 2 aromatic rings. The summed E-state index contributed by atoms with van der Waals surface area (Å²) in [5, 5.41) is 11.8. The minimum atomic E-state index is -0.870. The maximum atomic E-state index is 13.3. The monoisotopic (exact) mass is 479 g/mol. The van der Waals surface area contributed by atoms with Crippen molar-refractivity contribution in [2.24, 2.45) is 0 Å². The standard InChI is InChI=1S/C27H33N3O5/c1-29(2)16-24(26(33)30-15-7-8-18(30)13-14-25(31)32)28-27(34)35-17-23-21-11-5-3-9-19(21)20-10-4-6-12-22(20)23/h3-6,9-12,18,23-24H,7-8,13-17H2,1-2H3,(H,28,34)(H,31,32). The summed E-state index contributed by atoms with van der Waals surface area (Å²) in [6.07, 6.45) is 1.41. The highest BCUT2D eigenvalue weighted by Gasteiger charge is 2.35. The Bertz CT molecular complexity index is 1040. The van der Waals surface area contributed by atoms with Crippen LogP contribution in [0.3, 0.4) is 0 Å². The molecule has 0 aromatic heterocycles. The van der Waals surface area contributed by atoms with E-state index in [1.54, 1.807) is 4.90 Å². The molecule has 2 atom stereocenters. The number of carboxylic acid groups (broad SMARTS) is 1. The molecule has 2 N–H and O–H groups in total. The lowest BCUT2D eigenvalue weighted by molar-refractivity contribution is -0.139. The Morgan fingerprint density at radius 1 is 1.09 bits per heavy atom. The van der Waals surface area contributed by atoms with E-state index in [-0.39, 0.29) is 30.9 Å². The molecule has 2 amide bonds. The summed E-state index contributed by atoms with van der Waals surface area (Å²) in [5.41, 5.74) is 4.56. The Morgan fingerprint density at radius 3 is 2.31 bits per heavy atom. The molecule has 1 aliphatic heterocycles. The van der Waals surface area contributed by atoms with Crippen molar-refractivity contribution < 1.29 is 24.2 Å². The van der Waals surface area contributed by atoms with Gasteiger partial charge in [0.25, 0.3) is 0 Å². The fourth-order valence-electron chi connectivity index (χ4n) is 5.25. The van der Waals surface area contributed by atoms with Crippen LogP contribution in [-0.4, -0.2) is 78.8 Å². The molecule has 0 bridgehead atoms. The number of likely N-dealkylation sites (tertiary alicyclic amines) is 1. The highest BCUT2D eigenvalue weighted by atomic mass is 16.5. The van der Waals surface area contributed by atoms with Crippen LogP contribution in [-0.2, 0) is 14.3 Å². The summed E-state index contributed by atoms with van der Waals surface area (Å²) in [4.78, 5) is 40.7. The van der Waals surface area contributed by atoms with Gasteiger partial charge in [-0.15, -0.1) is 0 Å². The molecule has 35 heavy (non-hydrogen) atoms. The third kappa shape index (κ3) is 5.65. The maximum absolute atomic E-state index is 13.3. The topological polar surface area (TPSA) is 99.2 Å². The lowest BCUT2D eigenvalue weighted by Crippen LogP contribution is -2.54. The molecule has 8 nitrogen and oxygen atoms in total. The molecule has 8 heteroatoms. The van der Waals surface area contributed by atoms with Gasteiger partial charge in [0.15, 0.2) is 0 Å². The lowest BCUT2D eigenvalue weighted by atomic mass is 9.98. The number of hydrogen-bond acceptors (Lipinski definition) is 5. The predicted molar refractivity (Wildman–Crippen MR) is 132 cm³/mol. The largest absolute Gasteiger partial charge is 0.481 e. The van der Waals surface area contributed by atoms with E-state index in [0.29, 0.717) is 19.5 Å². The Balaban J connectivity index is 1.41. The average molecular weight is 480 g/mol. The van der Waals surface area contributed by atoms with Crippen LogP contribution >= 0.6 is 0 Å². The van der Waals surface area contributed by atoms with Gasteiger partial charge in [-0.3, -0.25) is 9.59 Å². The fourth-order valence-corrected chi connectivity index (χ4v) is 5.25. The molecule has 2 unspecified atom stereocenters. The van der Waals surface area contributed by atoms with E-state index in [0.717, 1.165) is 35.1 Å². The van der Waals surface area contributed by atoms with Gasteiger partial charge in [0.05, 0.1) is 0 Å². The summed E-state index contributed by atoms with van der Waals surface area (Å²) < 4.78 is 5.65. The van der Waals surface area contributed by atoms with Gasteiger partial charge in [0, 0.05) is 31.5 Å². The molecular weight excluding hydrogens is 446 g/mol. The number of carbonyl (C=O) groups excluding carboxylic acids is 2. The number of rotatable bonds is 9. The molecule has 0 radical (unpaired) electrons. The van der Waals surface area contributed by atoms with E-state index in [1.165, 1.54) is 0 Å². The number of amides is 2. The molecule has 1 fully saturated rings. The first-order valence-corrected chi connectivity index (χ1v) is 12.1. The Hall–Kier alpha value is -3.39. The second-order valence-electron chi connectivity index (χ2n) is 9.54. The number of alkyl carbamates (subject to hydrolysis) is 1. The lowest BCUT2D eigenvalue weighted by Gasteiger charge is -2.30. The van der Waals surface area contributed by atoms with Crippen molar-refractivity contribution in [3.8, 4) is 11.1 Å². The van der Waals surface area contributed by atoms with Crippen molar-refractivity contribution in [3.05, 3.63) is 59.7 Å². The predicted octanol–water partition coefficient (Wildman–Crippen LogP) is 3.31. The van der Waals surface area contributed by atoms with E-state index in [9.17, 15) is 14.4 Å². The van der Waals surface area contributed by atoms with E-state index in [2.05, 4.69) is 29.6 Å². The molecule has 4 rings (SSSR count). The van der Waals surface area contributed by atoms with Crippen molar-refractivity contribution in [3.63, 3.8) is 0 Å². The van der Waals surface area contributed by atoms with E-state index < -0.39 is 18.1 Å². The van der Waals surface area contributed by atoms with Crippen molar-refractivity contribution >= 4 is 18.0 Å². The van der Waals surface area contributed by atoms with Crippen LogP contribution < -0.4 is 5.32 Å². The minimum Gasteiger partial charge on any atom is -0.481 e. The first-order valence-electron chi connectivity index (χ1n) is 12.1. The molecular formula is C27H33N3O5. The van der Waals surface area contributed by atoms with Gasteiger partial charge >= 0.3 is 12.1 Å². The number of carbonyl (C=O) groups is 3. The van der Waals surface area contributed by atoms with Crippen molar-refractivity contribution in [2.45, 2.75) is 43.7 Å². The SMILES string of the molecule is CN(C)CC(NC(=O)OCC1c2ccccc2-c2ccccc21)C(=O)N1CCCC1CCC(=O)O. The van der Waals surface area contributed by atoms with E-state index in [4.69, 9.17) is 9.84 Å². The molecule has 0 spiro atoms. The van der Waals surface area contributed by atoms with E-state index >= 15 is 0 Å². The number of benzene rings is 2. The number of fused-ring (bicyclic) bond motifs is 3. The second-order valence-corrected chi connectivity index (χ2v) is 9.54. The summed E-state index contributed by atoms with van der Waals surface area (Å²) in [6, 6.07) is 15.4. The third-order valence-electron chi connectivity index (χ3n) is 6.83. The summed E-state index contributed by atoms with van der Waals surface area (Å²) in [6.45, 7) is 1.07. The smallest absolute Gasteiger partial charge is 0.407 e. The van der Waals surface area contributed by atoms with Crippen molar-refractivity contribution in [1.82, 2.24) is 15.1 Å². The quantitative estimate of drug-likeness (QED) is 0.573. The van der Waals surface area contributed by atoms with Gasteiger partial charge in [-0.25, -0.2) is 4.79 Å². The molecule has 1 heterocycles. The first kappa shape index (κ1) is 24.7. The van der Waals surface area contributed by atoms with Crippen LogP contribution in [0.15, 0.2) is 48.5 Å². The van der Waals surface area contributed by atoms with Gasteiger partial charge in [-0.05, 0) is 55.6 Å². The van der Waals surface area contributed by atoms with Gasteiger partial charge in [0.1, 0.15) is 12.6 Å². The Kier molecular flexibility index (Phi) is 7.70. The number of aliphatic carboxylic acids is 1. The van der Waals surface area contributed by atoms with Crippen LogP contribution in [0.25, 0.3) is 11.1 Å². The van der Waals surface area contributed by atoms with Gasteiger partial charge < -0.3 is 25.0 Å². The van der Waals surface area contributed by atoms with Crippen LogP contribution in [0.4, 0.5) is 4.79 Å². The summed E-state index contributed by atoms with van der Waals surface area (Å²) >= 11 is 0. The van der Waals surface area contributed by atoms with Crippen LogP contribution in [0.5, 0.6) is 0 Å². The maximum Gasteiger partial charge on any atom is 0.407 e. The highest BCUT2D eigenvalue weighted by Crippen LogP contribution is 2.44. The van der Waals surface area contributed by atoms with Crippen LogP contribution in [0.1, 0.15) is 42.7 Å². The van der Waals surface area contributed by atoms with E-state index in [1.807, 2.05) is 43.3 Å². The molecule has 2 aromatic carbocycles. The number of hydrogen-bond donors (Lipinski definition) is 2. The van der Waals surface area contributed by atoms with Crippen molar-refractivity contribution in [1.29, 1.82) is 0 Å². The molecule has 1 saturated heterocycles. The molecule has 0 saturated carbocycles. The molecule has 2 aliphatic rings. The highest BCUT2D eigenvalue weighted by molar-refractivity contribution is 5.86. The number of nitrogens with one attached hydrogen (secondary N) is 1. The van der Waals surface area contributed by atoms with Crippen molar-refractivity contribution in [2.75, 3.05) is 33.8 Å².